The van der Waals surface area contributed by atoms with Gasteiger partial charge in [0.25, 0.3) is 0 Å². The van der Waals surface area contributed by atoms with Gasteiger partial charge < -0.3 is 15.2 Å². The van der Waals surface area contributed by atoms with Crippen LogP contribution in [0.3, 0.4) is 0 Å². The maximum absolute atomic E-state index is 13.2. The van der Waals surface area contributed by atoms with Crippen molar-refractivity contribution in [2.24, 2.45) is 0 Å². The molecule has 2 N–H and O–H groups in total. The molecule has 1 aromatic heterocycles. The van der Waals surface area contributed by atoms with Crippen LogP contribution < -0.4 is 10.2 Å². The van der Waals surface area contributed by atoms with E-state index in [-0.39, 0.29) is 24.7 Å². The Bertz CT molecular complexity index is 1420. The number of carbonyl (C=O) groups excluding carboxylic acids is 2. The largest absolute Gasteiger partial charge is 0.361 e. The third-order valence-corrected chi connectivity index (χ3v) is 6.13. The van der Waals surface area contributed by atoms with Gasteiger partial charge in [0.1, 0.15) is 0 Å². The molecule has 0 atom stereocenters. The van der Waals surface area contributed by atoms with E-state index < -0.39 is 0 Å². The van der Waals surface area contributed by atoms with Crippen LogP contribution in [0.1, 0.15) is 35.1 Å². The minimum absolute atomic E-state index is 0.0854. The Hall–Kier alpha value is -4.30. The fraction of sp³-hybridized carbons (Fsp3) is 0.172. The highest BCUT2D eigenvalue weighted by atomic mass is 16.2. The third kappa shape index (κ3) is 4.57. The van der Waals surface area contributed by atoms with Gasteiger partial charge in [0.15, 0.2) is 0 Å². The molecule has 0 bridgehead atoms. The smallest absolute Gasteiger partial charge is 0.227 e. The number of H-pyrrole nitrogens is 1. The zero-order valence-electron chi connectivity index (χ0n) is 18.8. The molecule has 2 heterocycles. The summed E-state index contributed by atoms with van der Waals surface area (Å²) in [7, 11) is 0. The van der Waals surface area contributed by atoms with Crippen molar-refractivity contribution in [2.75, 3.05) is 11.4 Å². The average Bonchev–Trinajstić information content (AvgIpc) is 3.27. The van der Waals surface area contributed by atoms with Crippen molar-refractivity contribution in [3.8, 4) is 11.8 Å². The van der Waals surface area contributed by atoms with Crippen LogP contribution in [0.2, 0.25) is 0 Å². The van der Waals surface area contributed by atoms with Crippen molar-refractivity contribution in [3.63, 3.8) is 0 Å². The van der Waals surface area contributed by atoms with Crippen LogP contribution in [-0.2, 0) is 22.6 Å². The molecule has 2 amide bonds. The van der Waals surface area contributed by atoms with Crippen molar-refractivity contribution in [1.29, 1.82) is 0 Å². The summed E-state index contributed by atoms with van der Waals surface area (Å²) in [4.78, 5) is 30.7. The number of amides is 2. The normalized spacial score (nSPS) is 12.1. The van der Waals surface area contributed by atoms with E-state index in [0.717, 1.165) is 34.3 Å². The number of aromatic amines is 1. The highest BCUT2D eigenvalue weighted by Gasteiger charge is 2.21. The second kappa shape index (κ2) is 9.68. The summed E-state index contributed by atoms with van der Waals surface area (Å²) >= 11 is 0. The third-order valence-electron chi connectivity index (χ3n) is 6.13. The van der Waals surface area contributed by atoms with E-state index in [2.05, 4.69) is 28.2 Å². The second-order valence-corrected chi connectivity index (χ2v) is 8.36. The summed E-state index contributed by atoms with van der Waals surface area (Å²) in [6.45, 7) is 0.966. The molecule has 0 unspecified atom stereocenters. The zero-order chi connectivity index (χ0) is 23.3. The van der Waals surface area contributed by atoms with E-state index in [1.54, 1.807) is 4.90 Å². The fourth-order valence-corrected chi connectivity index (χ4v) is 4.33. The summed E-state index contributed by atoms with van der Waals surface area (Å²) in [6, 6.07) is 23.7. The predicted molar refractivity (Wildman–Crippen MR) is 134 cm³/mol. The van der Waals surface area contributed by atoms with Gasteiger partial charge in [-0.15, -0.1) is 0 Å². The Morgan fingerprint density at radius 3 is 2.53 bits per heavy atom. The standard InChI is InChI=1S/C29H25N3O2/c33-28(30-18-17-23-19-31-26-11-5-4-10-25(23)26)15-16-29(34)32-20-24-9-2-1-7-21(24)13-14-22-8-3-6-12-27(22)32/h1-12,19,31H,15-18,20H2,(H,30,33). The lowest BCUT2D eigenvalue weighted by atomic mass is 10.0. The predicted octanol–water partition coefficient (Wildman–Crippen LogP) is 4.55. The van der Waals surface area contributed by atoms with E-state index in [0.29, 0.717) is 13.1 Å². The molecule has 5 nitrogen and oxygen atoms in total. The minimum Gasteiger partial charge on any atom is -0.361 e. The monoisotopic (exact) mass is 447 g/mol. The lowest BCUT2D eigenvalue weighted by Gasteiger charge is -2.26. The number of hydrogen-bond donors (Lipinski definition) is 2. The quantitative estimate of drug-likeness (QED) is 0.426. The summed E-state index contributed by atoms with van der Waals surface area (Å²) in [5.41, 5.74) is 5.78. The van der Waals surface area contributed by atoms with Crippen molar-refractivity contribution >= 4 is 28.4 Å². The van der Waals surface area contributed by atoms with E-state index in [1.807, 2.05) is 72.9 Å². The lowest BCUT2D eigenvalue weighted by Crippen LogP contribution is -2.33. The van der Waals surface area contributed by atoms with Gasteiger partial charge in [-0.3, -0.25) is 9.59 Å². The Morgan fingerprint density at radius 1 is 0.882 bits per heavy atom. The number of para-hydroxylation sites is 2. The van der Waals surface area contributed by atoms with Crippen LogP contribution in [0.4, 0.5) is 5.69 Å². The van der Waals surface area contributed by atoms with Crippen molar-refractivity contribution in [2.45, 2.75) is 25.8 Å². The highest BCUT2D eigenvalue weighted by Crippen LogP contribution is 2.26. The SMILES string of the molecule is O=C(CCC(=O)N1Cc2ccccc2C#Cc2ccccc21)NCCc1c[nH]c2ccccc12. The summed E-state index contributed by atoms with van der Waals surface area (Å²) in [5, 5.41) is 4.13. The van der Waals surface area contributed by atoms with Gasteiger partial charge in [-0.1, -0.05) is 60.4 Å². The molecule has 4 aromatic rings. The molecular weight excluding hydrogens is 422 g/mol. The van der Waals surface area contributed by atoms with E-state index in [4.69, 9.17) is 0 Å². The van der Waals surface area contributed by atoms with E-state index >= 15 is 0 Å². The number of hydrogen-bond acceptors (Lipinski definition) is 2. The maximum Gasteiger partial charge on any atom is 0.227 e. The number of aromatic nitrogens is 1. The number of carbonyl (C=O) groups is 2. The number of fused-ring (bicyclic) bond motifs is 3. The van der Waals surface area contributed by atoms with Gasteiger partial charge in [0, 0.05) is 47.6 Å². The fourth-order valence-electron chi connectivity index (χ4n) is 4.33. The van der Waals surface area contributed by atoms with Crippen LogP contribution in [0, 0.1) is 11.8 Å². The van der Waals surface area contributed by atoms with E-state index in [1.165, 1.54) is 10.9 Å². The minimum atomic E-state index is -0.117. The Labute approximate surface area is 198 Å². The summed E-state index contributed by atoms with van der Waals surface area (Å²) in [6.07, 6.45) is 3.01. The molecule has 1 aliphatic rings. The zero-order valence-corrected chi connectivity index (χ0v) is 18.8. The van der Waals surface area contributed by atoms with Crippen LogP contribution in [0.5, 0.6) is 0 Å². The van der Waals surface area contributed by atoms with Crippen LogP contribution in [0.15, 0.2) is 79.0 Å². The van der Waals surface area contributed by atoms with Crippen LogP contribution in [-0.4, -0.2) is 23.3 Å². The number of benzene rings is 3. The van der Waals surface area contributed by atoms with Gasteiger partial charge in [-0.25, -0.2) is 0 Å². The summed E-state index contributed by atoms with van der Waals surface area (Å²) in [5.74, 6) is 6.22. The molecule has 168 valence electrons. The van der Waals surface area contributed by atoms with Crippen molar-refractivity contribution < 1.29 is 9.59 Å². The van der Waals surface area contributed by atoms with E-state index in [9.17, 15) is 9.59 Å². The first-order chi connectivity index (χ1) is 16.7. The molecule has 5 rings (SSSR count). The van der Waals surface area contributed by atoms with Gasteiger partial charge in [0.05, 0.1) is 12.2 Å². The highest BCUT2D eigenvalue weighted by molar-refractivity contribution is 5.97. The first-order valence-corrected chi connectivity index (χ1v) is 11.5. The Kier molecular flexibility index (Phi) is 6.13. The molecule has 0 spiro atoms. The van der Waals surface area contributed by atoms with Crippen LogP contribution in [0.25, 0.3) is 10.9 Å². The molecule has 0 saturated heterocycles. The molecule has 34 heavy (non-hydrogen) atoms. The lowest BCUT2D eigenvalue weighted by molar-refractivity contribution is -0.125. The van der Waals surface area contributed by atoms with Gasteiger partial charge in [-0.2, -0.15) is 0 Å². The number of nitrogens with one attached hydrogen (secondary N) is 2. The Balaban J connectivity index is 1.22. The molecule has 0 radical (unpaired) electrons. The molecule has 0 fully saturated rings. The van der Waals surface area contributed by atoms with Crippen LogP contribution >= 0.6 is 0 Å². The topological polar surface area (TPSA) is 65.2 Å². The Morgan fingerprint density at radius 2 is 1.62 bits per heavy atom. The molecule has 5 heteroatoms. The molecule has 1 aliphatic heterocycles. The molecular formula is C29H25N3O2. The average molecular weight is 448 g/mol. The first kappa shape index (κ1) is 21.5. The van der Waals surface area contributed by atoms with Gasteiger partial charge >= 0.3 is 0 Å². The maximum atomic E-state index is 13.2. The molecule has 0 aliphatic carbocycles. The second-order valence-electron chi connectivity index (χ2n) is 8.36. The number of anilines is 1. The molecule has 3 aromatic carbocycles. The van der Waals surface area contributed by atoms with Crippen molar-refractivity contribution in [3.05, 3.63) is 101 Å². The summed E-state index contributed by atoms with van der Waals surface area (Å²) < 4.78 is 0. The van der Waals surface area contributed by atoms with Gasteiger partial charge in [0.2, 0.25) is 11.8 Å². The van der Waals surface area contributed by atoms with Gasteiger partial charge in [-0.05, 0) is 41.8 Å². The number of nitrogens with zero attached hydrogens (tertiary/aromatic N) is 1. The number of rotatable bonds is 6. The molecule has 0 saturated carbocycles. The van der Waals surface area contributed by atoms with Crippen molar-refractivity contribution in [1.82, 2.24) is 10.3 Å². The first-order valence-electron chi connectivity index (χ1n) is 11.5.